The normalized spacial score (nSPS) is 19.1. The maximum absolute atomic E-state index is 14.1. The Morgan fingerprint density at radius 1 is 1.00 bits per heavy atom. The van der Waals surface area contributed by atoms with Gasteiger partial charge in [-0.15, -0.1) is 21.5 Å². The number of benzene rings is 2. The van der Waals surface area contributed by atoms with Crippen molar-refractivity contribution in [1.82, 2.24) is 50.4 Å². The monoisotopic (exact) mass is 979 g/mol. The minimum atomic E-state index is -0.810. The Bertz CT molecular complexity index is 2960. The van der Waals surface area contributed by atoms with E-state index >= 15 is 0 Å². The molecule has 2 aromatic carbocycles. The second-order valence-corrected chi connectivity index (χ2v) is 20.4. The number of amides is 2. The number of phenols is 1. The van der Waals surface area contributed by atoms with Crippen LogP contribution < -0.4 is 15.0 Å². The van der Waals surface area contributed by atoms with Crippen molar-refractivity contribution in [2.45, 2.75) is 103 Å². The van der Waals surface area contributed by atoms with Crippen LogP contribution in [0.15, 0.2) is 83.1 Å². The molecule has 10 rings (SSSR count). The molecule has 4 N–H and O–H groups in total. The van der Waals surface area contributed by atoms with Crippen LogP contribution in [0.2, 0.25) is 0 Å². The fourth-order valence-electron chi connectivity index (χ4n) is 10.6. The first-order valence-electron chi connectivity index (χ1n) is 24.8. The summed E-state index contributed by atoms with van der Waals surface area (Å²) < 4.78 is 11.7. The van der Waals surface area contributed by atoms with Crippen LogP contribution in [0.4, 0.5) is 5.95 Å². The van der Waals surface area contributed by atoms with E-state index in [1.165, 1.54) is 10.5 Å². The van der Waals surface area contributed by atoms with Crippen molar-refractivity contribution in [1.29, 1.82) is 0 Å². The van der Waals surface area contributed by atoms with Gasteiger partial charge < -0.3 is 44.5 Å². The summed E-state index contributed by atoms with van der Waals surface area (Å²) >= 11 is 1.59. The fraction of sp³-hybridized carbons (Fsp3) is 0.434. The highest BCUT2D eigenvalue weighted by Gasteiger charge is 2.43. The van der Waals surface area contributed by atoms with Gasteiger partial charge in [-0.2, -0.15) is 0 Å². The number of H-pyrrole nitrogens is 1. The molecule has 1 unspecified atom stereocenters. The van der Waals surface area contributed by atoms with Gasteiger partial charge in [-0.1, -0.05) is 50.2 Å². The van der Waals surface area contributed by atoms with Gasteiger partial charge in [0.2, 0.25) is 17.8 Å². The predicted molar refractivity (Wildman–Crippen MR) is 270 cm³/mol. The standard InChI is InChI=1S/C53H61N11O6S/c1-31(2)47(52(68)64-29-38(65)23-43(64)51(67)54-26-34-11-13-36(14-12-34)49-32(3)57-30-71-49)45-25-46(61-70-45)69-22-8-7-18-62-19-15-35(16-20-62)37-27-55-53(56-28-37)63-21-17-41-48(33(63)4)40-24-42(59-60-50(40)58-41)39-9-5-6-10-44(39)66/h5-6,9-14,24-25,27-28,30-31,33,35,38,43,47,65-66H,7-8,15-23,26,29H2,1-4H3,(H,54,67)(H,58,60)/t33-,38-,43+,47?/m1/s1. The first-order chi connectivity index (χ1) is 34.5. The molecule has 2 saturated heterocycles. The minimum Gasteiger partial charge on any atom is -0.507 e. The quantitative estimate of drug-likeness (QED) is 0.0684. The number of nitrogens with one attached hydrogen (secondary N) is 2. The van der Waals surface area contributed by atoms with Crippen LogP contribution in [-0.2, 0) is 22.6 Å². The second-order valence-electron chi connectivity index (χ2n) is 19.5. The highest BCUT2D eigenvalue weighted by molar-refractivity contribution is 7.13. The number of hydrogen-bond acceptors (Lipinski definition) is 15. The summed E-state index contributed by atoms with van der Waals surface area (Å²) in [5, 5.41) is 38.1. The number of carbonyl (C=O) groups excluding carboxylic acids is 2. The van der Waals surface area contributed by atoms with E-state index in [-0.39, 0.29) is 42.5 Å². The number of anilines is 1. The van der Waals surface area contributed by atoms with Gasteiger partial charge in [0.05, 0.1) is 40.5 Å². The number of ether oxygens (including phenoxy) is 1. The van der Waals surface area contributed by atoms with Crippen LogP contribution >= 0.6 is 11.3 Å². The van der Waals surface area contributed by atoms with Crippen LogP contribution in [0.5, 0.6) is 11.6 Å². The molecule has 7 aromatic rings. The van der Waals surface area contributed by atoms with Crippen molar-refractivity contribution in [3.8, 4) is 33.3 Å². The molecule has 3 aliphatic heterocycles. The second kappa shape index (κ2) is 20.9. The maximum Gasteiger partial charge on any atom is 0.254 e. The lowest BCUT2D eigenvalue weighted by molar-refractivity contribution is -0.141. The van der Waals surface area contributed by atoms with Gasteiger partial charge in [-0.05, 0) is 111 Å². The average molecular weight is 980 g/mol. The number of unbranched alkanes of at least 4 members (excludes halogenated alkanes) is 1. The van der Waals surface area contributed by atoms with Crippen molar-refractivity contribution in [3.05, 3.63) is 112 Å². The molecule has 5 aromatic heterocycles. The summed E-state index contributed by atoms with van der Waals surface area (Å²) in [6.45, 7) is 12.6. The van der Waals surface area contributed by atoms with Gasteiger partial charge in [0.15, 0.2) is 11.4 Å². The molecule has 2 fully saturated rings. The number of aromatic amines is 1. The zero-order chi connectivity index (χ0) is 49.2. The minimum absolute atomic E-state index is 0.0169. The van der Waals surface area contributed by atoms with Gasteiger partial charge in [-0.3, -0.25) is 9.59 Å². The number of para-hydroxylation sites is 1. The lowest BCUT2D eigenvalue weighted by Gasteiger charge is -2.34. The first-order valence-corrected chi connectivity index (χ1v) is 25.7. The Morgan fingerprint density at radius 3 is 2.54 bits per heavy atom. The van der Waals surface area contributed by atoms with Gasteiger partial charge in [-0.25, -0.2) is 15.0 Å². The van der Waals surface area contributed by atoms with E-state index in [0.29, 0.717) is 47.9 Å². The molecule has 370 valence electrons. The van der Waals surface area contributed by atoms with Crippen molar-refractivity contribution in [2.24, 2.45) is 5.92 Å². The average Bonchev–Trinajstić information content (AvgIpc) is 4.20. The summed E-state index contributed by atoms with van der Waals surface area (Å²) in [6.07, 6.45) is 8.06. The SMILES string of the molecule is Cc1ncsc1-c1ccc(CNC(=O)[C@@H]2C[C@@H](O)CN2C(=O)C(c2cc(OCCCCN3CCC(c4cnc(N5CCc6[nH]c7nnc(-c8ccccc8O)cc7c6[C@H]5C)nc4)CC3)no2)C(C)C)cc1. The lowest BCUT2D eigenvalue weighted by Crippen LogP contribution is -2.48. The number of β-amino-alcohol motifs (C(OH)–C–C–N with tert-alkyl or cyclic N) is 1. The van der Waals surface area contributed by atoms with E-state index in [4.69, 9.17) is 19.2 Å². The molecule has 0 bridgehead atoms. The van der Waals surface area contributed by atoms with E-state index < -0.39 is 18.1 Å². The molecule has 0 radical (unpaired) electrons. The number of nitrogens with zero attached hydrogens (tertiary/aromatic N) is 9. The third-order valence-corrected chi connectivity index (χ3v) is 15.5. The molecule has 71 heavy (non-hydrogen) atoms. The Balaban J connectivity index is 0.664. The Labute approximate surface area is 416 Å². The summed E-state index contributed by atoms with van der Waals surface area (Å²) in [6, 6.07) is 18.1. The third-order valence-electron chi connectivity index (χ3n) is 14.5. The molecule has 8 heterocycles. The topological polar surface area (TPSA) is 212 Å². The number of aromatic hydroxyl groups is 1. The predicted octanol–water partition coefficient (Wildman–Crippen LogP) is 7.72. The molecule has 3 aliphatic rings. The van der Waals surface area contributed by atoms with Crippen LogP contribution in [0.1, 0.15) is 105 Å². The number of carbonyl (C=O) groups is 2. The van der Waals surface area contributed by atoms with Gasteiger partial charge in [0.1, 0.15) is 17.7 Å². The van der Waals surface area contributed by atoms with Crippen molar-refractivity contribution in [3.63, 3.8) is 0 Å². The van der Waals surface area contributed by atoms with Crippen molar-refractivity contribution >= 4 is 40.1 Å². The van der Waals surface area contributed by atoms with Crippen LogP contribution in [0.25, 0.3) is 32.7 Å². The fourth-order valence-corrected chi connectivity index (χ4v) is 11.4. The lowest BCUT2D eigenvalue weighted by atomic mass is 9.91. The largest absolute Gasteiger partial charge is 0.507 e. The van der Waals surface area contributed by atoms with Crippen LogP contribution in [0, 0.1) is 12.8 Å². The molecule has 0 aliphatic carbocycles. The van der Waals surface area contributed by atoms with Gasteiger partial charge >= 0.3 is 0 Å². The van der Waals surface area contributed by atoms with Gasteiger partial charge in [0.25, 0.3) is 5.88 Å². The van der Waals surface area contributed by atoms with Crippen LogP contribution in [-0.4, -0.2) is 119 Å². The van der Waals surface area contributed by atoms with Crippen molar-refractivity contribution < 1.29 is 29.1 Å². The molecule has 17 nitrogen and oxygen atoms in total. The molecular formula is C53H61N11O6S. The number of aliphatic hydroxyl groups is 1. The number of phenolic OH excluding ortho intramolecular Hbond substituents is 1. The molecule has 18 heteroatoms. The number of hydrogen-bond donors (Lipinski definition) is 4. The Kier molecular flexibility index (Phi) is 14.1. The van der Waals surface area contributed by atoms with E-state index in [2.05, 4.69) is 47.4 Å². The Hall–Kier alpha value is -6.76. The van der Waals surface area contributed by atoms with E-state index in [0.717, 1.165) is 102 Å². The maximum atomic E-state index is 14.1. The number of aliphatic hydroxyl groups excluding tert-OH is 1. The first kappa shape index (κ1) is 47.9. The number of aromatic nitrogens is 7. The summed E-state index contributed by atoms with van der Waals surface area (Å²) in [7, 11) is 0. The molecule has 0 saturated carbocycles. The smallest absolute Gasteiger partial charge is 0.254 e. The van der Waals surface area contributed by atoms with E-state index in [9.17, 15) is 19.8 Å². The zero-order valence-electron chi connectivity index (χ0n) is 40.6. The van der Waals surface area contributed by atoms with Crippen LogP contribution in [0.3, 0.4) is 0 Å². The van der Waals surface area contributed by atoms with E-state index in [1.807, 2.05) is 81.1 Å². The Morgan fingerprint density at radius 2 is 1.79 bits per heavy atom. The summed E-state index contributed by atoms with van der Waals surface area (Å²) in [4.78, 5) is 52.6. The zero-order valence-corrected chi connectivity index (χ0v) is 41.4. The number of thiazole rings is 1. The number of rotatable bonds is 16. The number of piperidine rings is 1. The van der Waals surface area contributed by atoms with Gasteiger partial charge in [0, 0.05) is 73.1 Å². The number of aryl methyl sites for hydroxylation is 1. The summed E-state index contributed by atoms with van der Waals surface area (Å²) in [5.41, 5.74) is 10.3. The summed E-state index contributed by atoms with van der Waals surface area (Å²) in [5.74, 6) is 0.545. The number of likely N-dealkylation sites (tertiary alicyclic amines) is 2. The molecule has 0 spiro atoms. The molecule has 4 atom stereocenters. The molecule has 2 amide bonds. The highest BCUT2D eigenvalue weighted by atomic mass is 32.1. The molecular weight excluding hydrogens is 919 g/mol. The van der Waals surface area contributed by atoms with Crippen molar-refractivity contribution in [2.75, 3.05) is 44.2 Å². The highest BCUT2D eigenvalue weighted by Crippen LogP contribution is 2.39. The number of fused-ring (bicyclic) bond motifs is 3. The van der Waals surface area contributed by atoms with E-state index in [1.54, 1.807) is 29.5 Å². The third kappa shape index (κ3) is 10.2.